The SMILES string of the molecule is Cc1ccc2c(c1)NC(=O)c1cc(NS(=O)(=O)/C=C/c3ccccc3)ccc1O2. The lowest BCUT2D eigenvalue weighted by Crippen LogP contribution is -2.13. The second-order valence-electron chi connectivity index (χ2n) is 6.63. The van der Waals surface area contributed by atoms with Crippen LogP contribution in [0.4, 0.5) is 11.4 Å². The molecule has 4 rings (SSSR count). The van der Waals surface area contributed by atoms with Gasteiger partial charge in [-0.25, -0.2) is 8.42 Å². The molecule has 0 aromatic heterocycles. The minimum atomic E-state index is -3.75. The monoisotopic (exact) mass is 406 g/mol. The molecule has 2 N–H and O–H groups in total. The van der Waals surface area contributed by atoms with Crippen LogP contribution in [-0.4, -0.2) is 14.3 Å². The van der Waals surface area contributed by atoms with Gasteiger partial charge in [0.1, 0.15) is 5.75 Å². The Morgan fingerprint density at radius 3 is 2.52 bits per heavy atom. The van der Waals surface area contributed by atoms with Crippen LogP contribution in [0.2, 0.25) is 0 Å². The van der Waals surface area contributed by atoms with Gasteiger partial charge in [-0.3, -0.25) is 9.52 Å². The van der Waals surface area contributed by atoms with E-state index < -0.39 is 10.0 Å². The maximum Gasteiger partial charge on any atom is 0.259 e. The normalized spacial score (nSPS) is 13.1. The molecular formula is C22H18N2O4S. The molecule has 29 heavy (non-hydrogen) atoms. The number of carbonyl (C=O) groups excluding carboxylic acids is 1. The van der Waals surface area contributed by atoms with E-state index in [1.165, 1.54) is 12.1 Å². The molecule has 1 amide bonds. The molecule has 7 heteroatoms. The van der Waals surface area contributed by atoms with Crippen LogP contribution in [0.5, 0.6) is 11.5 Å². The van der Waals surface area contributed by atoms with Crippen molar-refractivity contribution in [2.75, 3.05) is 10.0 Å². The highest BCUT2D eigenvalue weighted by atomic mass is 32.2. The molecule has 0 fully saturated rings. The summed E-state index contributed by atoms with van der Waals surface area (Å²) in [5.74, 6) is 0.514. The summed E-state index contributed by atoms with van der Waals surface area (Å²) >= 11 is 0. The van der Waals surface area contributed by atoms with Crippen molar-refractivity contribution in [2.24, 2.45) is 0 Å². The Bertz CT molecular complexity index is 1220. The number of nitrogens with one attached hydrogen (secondary N) is 2. The zero-order chi connectivity index (χ0) is 20.4. The fraction of sp³-hybridized carbons (Fsp3) is 0.0455. The van der Waals surface area contributed by atoms with Crippen molar-refractivity contribution in [1.82, 2.24) is 0 Å². The second kappa shape index (κ2) is 7.44. The molecule has 1 aliphatic heterocycles. The van der Waals surface area contributed by atoms with Crippen LogP contribution in [0.15, 0.2) is 72.1 Å². The molecule has 0 unspecified atom stereocenters. The lowest BCUT2D eigenvalue weighted by atomic mass is 10.1. The van der Waals surface area contributed by atoms with Gasteiger partial charge in [0.2, 0.25) is 0 Å². The third-order valence-electron chi connectivity index (χ3n) is 4.33. The second-order valence-corrected chi connectivity index (χ2v) is 8.19. The molecule has 1 aliphatic rings. The number of aryl methyl sites for hydroxylation is 1. The van der Waals surface area contributed by atoms with Crippen molar-refractivity contribution in [3.8, 4) is 11.5 Å². The number of rotatable bonds is 4. The van der Waals surface area contributed by atoms with E-state index in [1.807, 2.05) is 37.3 Å². The molecule has 0 spiro atoms. The number of benzene rings is 3. The van der Waals surface area contributed by atoms with Crippen LogP contribution < -0.4 is 14.8 Å². The molecule has 146 valence electrons. The lowest BCUT2D eigenvalue weighted by Gasteiger charge is -2.10. The average Bonchev–Trinajstić information content (AvgIpc) is 2.83. The van der Waals surface area contributed by atoms with E-state index in [9.17, 15) is 13.2 Å². The molecule has 0 bridgehead atoms. The third kappa shape index (κ3) is 4.30. The number of carbonyl (C=O) groups is 1. The number of hydrogen-bond acceptors (Lipinski definition) is 4. The number of anilines is 2. The maximum absolute atomic E-state index is 12.6. The van der Waals surface area contributed by atoms with E-state index in [1.54, 1.807) is 30.3 Å². The van der Waals surface area contributed by atoms with Gasteiger partial charge in [0.15, 0.2) is 5.75 Å². The fourth-order valence-electron chi connectivity index (χ4n) is 2.93. The van der Waals surface area contributed by atoms with E-state index in [2.05, 4.69) is 10.0 Å². The summed E-state index contributed by atoms with van der Waals surface area (Å²) in [4.78, 5) is 12.6. The van der Waals surface area contributed by atoms with Gasteiger partial charge in [-0.15, -0.1) is 0 Å². The topological polar surface area (TPSA) is 84.5 Å². The molecule has 0 saturated carbocycles. The summed E-state index contributed by atoms with van der Waals surface area (Å²) < 4.78 is 33.1. The summed E-state index contributed by atoms with van der Waals surface area (Å²) in [5, 5.41) is 3.89. The van der Waals surface area contributed by atoms with Gasteiger partial charge in [-0.2, -0.15) is 0 Å². The van der Waals surface area contributed by atoms with Crippen LogP contribution in [0, 0.1) is 6.92 Å². The maximum atomic E-state index is 12.6. The number of hydrogen-bond donors (Lipinski definition) is 2. The molecule has 0 radical (unpaired) electrons. The Balaban J connectivity index is 1.59. The third-order valence-corrected chi connectivity index (χ3v) is 5.34. The van der Waals surface area contributed by atoms with Crippen LogP contribution in [0.25, 0.3) is 6.08 Å². The van der Waals surface area contributed by atoms with Crippen LogP contribution in [0.1, 0.15) is 21.5 Å². The first-order chi connectivity index (χ1) is 13.9. The molecule has 6 nitrogen and oxygen atoms in total. The number of fused-ring (bicyclic) bond motifs is 2. The zero-order valence-corrected chi connectivity index (χ0v) is 16.4. The largest absolute Gasteiger partial charge is 0.454 e. The van der Waals surface area contributed by atoms with Crippen molar-refractivity contribution in [2.45, 2.75) is 6.92 Å². The molecule has 3 aromatic carbocycles. The number of ether oxygens (including phenoxy) is 1. The Kier molecular flexibility index (Phi) is 4.82. The highest BCUT2D eigenvalue weighted by molar-refractivity contribution is 7.95. The van der Waals surface area contributed by atoms with Crippen LogP contribution >= 0.6 is 0 Å². The summed E-state index contributed by atoms with van der Waals surface area (Å²) in [6.07, 6.45) is 1.50. The quantitative estimate of drug-likeness (QED) is 0.654. The number of amides is 1. The first kappa shape index (κ1) is 18.8. The van der Waals surface area contributed by atoms with Gasteiger partial charge in [-0.1, -0.05) is 36.4 Å². The lowest BCUT2D eigenvalue weighted by molar-refractivity contribution is 0.102. The standard InChI is InChI=1S/C22H18N2O4S/c1-15-7-9-21-19(13-15)23-22(25)18-14-17(8-10-20(18)28-21)24-29(26,27)12-11-16-5-3-2-4-6-16/h2-14,24H,1H3,(H,23,25)/b12-11+. The first-order valence-corrected chi connectivity index (χ1v) is 10.4. The Morgan fingerprint density at radius 2 is 1.72 bits per heavy atom. The molecular weight excluding hydrogens is 388 g/mol. The Labute approximate surface area is 168 Å². The van der Waals surface area contributed by atoms with E-state index >= 15 is 0 Å². The van der Waals surface area contributed by atoms with Crippen LogP contribution in [0.3, 0.4) is 0 Å². The Hall–Kier alpha value is -3.58. The molecule has 0 aliphatic carbocycles. The summed E-state index contributed by atoms with van der Waals surface area (Å²) in [6.45, 7) is 1.92. The molecule has 0 atom stereocenters. The molecule has 3 aromatic rings. The van der Waals surface area contributed by atoms with Gasteiger partial charge in [0.25, 0.3) is 15.9 Å². The highest BCUT2D eigenvalue weighted by Gasteiger charge is 2.22. The predicted molar refractivity (Wildman–Crippen MR) is 114 cm³/mol. The van der Waals surface area contributed by atoms with Gasteiger partial charge in [0, 0.05) is 5.69 Å². The van der Waals surface area contributed by atoms with Gasteiger partial charge in [0.05, 0.1) is 16.7 Å². The minimum Gasteiger partial charge on any atom is -0.454 e. The fourth-order valence-corrected chi connectivity index (χ4v) is 3.79. The van der Waals surface area contributed by atoms with Crippen LogP contribution in [-0.2, 0) is 10.0 Å². The van der Waals surface area contributed by atoms with E-state index in [0.717, 1.165) is 16.5 Å². The summed E-state index contributed by atoms with van der Waals surface area (Å²) in [5.41, 5.74) is 2.82. The van der Waals surface area contributed by atoms with Crippen molar-refractivity contribution < 1.29 is 17.9 Å². The van der Waals surface area contributed by atoms with Crippen molar-refractivity contribution in [1.29, 1.82) is 0 Å². The van der Waals surface area contributed by atoms with Gasteiger partial charge >= 0.3 is 0 Å². The smallest absolute Gasteiger partial charge is 0.259 e. The summed E-state index contributed by atoms with van der Waals surface area (Å²) in [6, 6.07) is 19.2. The van der Waals surface area contributed by atoms with E-state index in [4.69, 9.17) is 4.74 Å². The minimum absolute atomic E-state index is 0.242. The predicted octanol–water partition coefficient (Wildman–Crippen LogP) is 4.77. The molecule has 1 heterocycles. The van der Waals surface area contributed by atoms with E-state index in [-0.39, 0.29) is 17.2 Å². The van der Waals surface area contributed by atoms with Crippen molar-refractivity contribution in [3.05, 3.63) is 88.8 Å². The zero-order valence-electron chi connectivity index (χ0n) is 15.5. The molecule has 0 saturated heterocycles. The average molecular weight is 406 g/mol. The van der Waals surface area contributed by atoms with E-state index in [0.29, 0.717) is 17.2 Å². The highest BCUT2D eigenvalue weighted by Crippen LogP contribution is 2.37. The van der Waals surface area contributed by atoms with Crippen molar-refractivity contribution in [3.63, 3.8) is 0 Å². The number of sulfonamides is 1. The van der Waals surface area contributed by atoms with Gasteiger partial charge in [-0.05, 0) is 54.5 Å². The van der Waals surface area contributed by atoms with Gasteiger partial charge < -0.3 is 10.1 Å². The summed E-state index contributed by atoms with van der Waals surface area (Å²) in [7, 11) is -3.75. The Morgan fingerprint density at radius 1 is 0.966 bits per heavy atom. The van der Waals surface area contributed by atoms with Crippen molar-refractivity contribution >= 4 is 33.4 Å². The first-order valence-electron chi connectivity index (χ1n) is 8.89.